The van der Waals surface area contributed by atoms with Gasteiger partial charge in [-0.2, -0.15) is 5.10 Å². The van der Waals surface area contributed by atoms with E-state index in [-0.39, 0.29) is 10.6 Å². The molecule has 0 fully saturated rings. The highest BCUT2D eigenvalue weighted by molar-refractivity contribution is 7.90. The van der Waals surface area contributed by atoms with Crippen LogP contribution in [0.25, 0.3) is 28.1 Å². The van der Waals surface area contributed by atoms with Gasteiger partial charge in [0.1, 0.15) is 5.69 Å². The lowest BCUT2D eigenvalue weighted by molar-refractivity contribution is 0.146. The topological polar surface area (TPSA) is 76.0 Å². The van der Waals surface area contributed by atoms with Crippen LogP contribution >= 0.6 is 0 Å². The Morgan fingerprint density at radius 1 is 0.794 bits per heavy atom. The summed E-state index contributed by atoms with van der Waals surface area (Å²) in [7, 11) is 0.164. The van der Waals surface area contributed by atoms with Gasteiger partial charge in [0.25, 0.3) is 6.43 Å². The normalized spacial score (nSPS) is 11.6. The molecule has 3 aromatic carbocycles. The fraction of sp³-hybridized carbons (Fsp3) is 0.160. The predicted molar refractivity (Wildman–Crippen MR) is 132 cm³/mol. The molecule has 0 unspecified atom stereocenters. The molecule has 0 amide bonds. The summed E-state index contributed by atoms with van der Waals surface area (Å²) in [5.74, 6) is 0. The van der Waals surface area contributed by atoms with Crippen molar-refractivity contribution in [1.82, 2.24) is 9.78 Å². The zero-order valence-corrected chi connectivity index (χ0v) is 19.7. The largest absolute Gasteiger partial charge is 0.388 e. The number of nitrogens with one attached hydrogen (secondary N) is 2. The minimum Gasteiger partial charge on any atom is -0.388 e. The van der Waals surface area contributed by atoms with Crippen LogP contribution in [0.15, 0.2) is 77.7 Å². The third kappa shape index (κ3) is 4.51. The highest BCUT2D eigenvalue weighted by Crippen LogP contribution is 2.41. The summed E-state index contributed by atoms with van der Waals surface area (Å²) in [6.45, 7) is 0. The van der Waals surface area contributed by atoms with Gasteiger partial charge in [-0.25, -0.2) is 21.9 Å². The summed E-state index contributed by atoms with van der Waals surface area (Å²) >= 11 is 0. The average Bonchev–Trinajstić information content (AvgIpc) is 3.24. The Kier molecular flexibility index (Phi) is 6.39. The van der Waals surface area contributed by atoms with Crippen LogP contribution in [0, 0.1) is 0 Å². The van der Waals surface area contributed by atoms with Crippen LogP contribution in [0.4, 0.5) is 20.2 Å². The third-order valence-corrected chi connectivity index (χ3v) is 6.67. The Hall–Kier alpha value is -3.72. The molecular weight excluding hydrogens is 458 g/mol. The minimum atomic E-state index is -3.41. The Morgan fingerprint density at radius 3 is 1.76 bits per heavy atom. The van der Waals surface area contributed by atoms with Crippen molar-refractivity contribution in [3.05, 3.63) is 78.5 Å². The molecule has 0 spiro atoms. The fourth-order valence-corrected chi connectivity index (χ4v) is 4.39. The monoisotopic (exact) mass is 482 g/mol. The first kappa shape index (κ1) is 23.4. The quantitative estimate of drug-likeness (QED) is 0.357. The van der Waals surface area contributed by atoms with E-state index < -0.39 is 16.3 Å². The summed E-state index contributed by atoms with van der Waals surface area (Å²) in [6, 6.07) is 20.6. The van der Waals surface area contributed by atoms with Crippen molar-refractivity contribution in [3.8, 4) is 28.1 Å². The second-order valence-electron chi connectivity index (χ2n) is 7.74. The Morgan fingerprint density at radius 2 is 1.29 bits per heavy atom. The summed E-state index contributed by atoms with van der Waals surface area (Å²) in [4.78, 5) is 0.148. The van der Waals surface area contributed by atoms with Crippen LogP contribution in [-0.2, 0) is 9.84 Å². The second kappa shape index (κ2) is 9.26. The molecule has 1 aromatic heterocycles. The number of alkyl halides is 2. The molecule has 176 valence electrons. The number of benzene rings is 3. The summed E-state index contributed by atoms with van der Waals surface area (Å²) in [5, 5.41) is 10.4. The average molecular weight is 483 g/mol. The summed E-state index contributed by atoms with van der Waals surface area (Å²) < 4.78 is 53.9. The SMILES string of the molecule is CNc1ccc(-c2c(C(F)F)nn(-c3ccc(NC)cc3)c2-c2ccc(S(C)(=O)=O)cc2)cc1. The van der Waals surface area contributed by atoms with Gasteiger partial charge in [0.2, 0.25) is 0 Å². The first-order valence-corrected chi connectivity index (χ1v) is 12.4. The van der Waals surface area contributed by atoms with E-state index in [1.165, 1.54) is 16.8 Å². The standard InChI is InChI=1S/C25H24F2N4O2S/c1-28-18-8-4-16(5-9-18)22-23(25(26)27)30-31(20-12-10-19(29-2)11-13-20)24(22)17-6-14-21(15-7-17)34(3,32)33/h4-15,25,28-29H,1-3H3. The van der Waals surface area contributed by atoms with Gasteiger partial charge in [0.15, 0.2) is 9.84 Å². The second-order valence-corrected chi connectivity index (χ2v) is 9.76. The van der Waals surface area contributed by atoms with Crippen molar-refractivity contribution in [2.75, 3.05) is 31.0 Å². The van der Waals surface area contributed by atoms with Crippen molar-refractivity contribution in [2.24, 2.45) is 0 Å². The van der Waals surface area contributed by atoms with Crippen LogP contribution in [-0.4, -0.2) is 38.5 Å². The molecule has 4 aromatic rings. The van der Waals surface area contributed by atoms with Gasteiger partial charge < -0.3 is 10.6 Å². The van der Waals surface area contributed by atoms with Crippen molar-refractivity contribution >= 4 is 21.2 Å². The number of rotatable bonds is 7. The van der Waals surface area contributed by atoms with Crippen LogP contribution in [0.3, 0.4) is 0 Å². The Bertz CT molecular complexity index is 1400. The molecule has 2 N–H and O–H groups in total. The van der Waals surface area contributed by atoms with Crippen molar-refractivity contribution < 1.29 is 17.2 Å². The van der Waals surface area contributed by atoms with Gasteiger partial charge in [-0.3, -0.25) is 0 Å². The maximum atomic E-state index is 14.2. The number of nitrogens with zero attached hydrogens (tertiary/aromatic N) is 2. The molecule has 0 saturated heterocycles. The van der Waals surface area contributed by atoms with Gasteiger partial charge in [-0.1, -0.05) is 24.3 Å². The Labute approximate surface area is 197 Å². The first-order valence-electron chi connectivity index (χ1n) is 10.5. The molecule has 6 nitrogen and oxygen atoms in total. The number of aromatic nitrogens is 2. The fourth-order valence-electron chi connectivity index (χ4n) is 3.76. The number of hydrogen-bond donors (Lipinski definition) is 2. The molecule has 0 bridgehead atoms. The molecule has 4 rings (SSSR count). The van der Waals surface area contributed by atoms with Gasteiger partial charge >= 0.3 is 0 Å². The molecule has 1 heterocycles. The van der Waals surface area contributed by atoms with Gasteiger partial charge in [-0.05, 0) is 54.1 Å². The van der Waals surface area contributed by atoms with Crippen molar-refractivity contribution in [2.45, 2.75) is 11.3 Å². The molecule has 0 aliphatic rings. The van der Waals surface area contributed by atoms with Gasteiger partial charge in [0, 0.05) is 42.9 Å². The maximum absolute atomic E-state index is 14.2. The van der Waals surface area contributed by atoms with E-state index in [1.807, 2.05) is 12.1 Å². The summed E-state index contributed by atoms with van der Waals surface area (Å²) in [5.41, 5.74) is 3.85. The number of anilines is 2. The molecule has 0 saturated carbocycles. The first-order chi connectivity index (χ1) is 16.2. The van der Waals surface area contributed by atoms with Crippen LogP contribution in [0.5, 0.6) is 0 Å². The van der Waals surface area contributed by atoms with E-state index in [0.717, 1.165) is 17.6 Å². The zero-order valence-electron chi connectivity index (χ0n) is 18.9. The van der Waals surface area contributed by atoms with Crippen LogP contribution in [0.2, 0.25) is 0 Å². The molecular formula is C25H24F2N4O2S. The number of halogens is 2. The minimum absolute atomic E-state index is 0.148. The van der Waals surface area contributed by atoms with Crippen molar-refractivity contribution in [3.63, 3.8) is 0 Å². The van der Waals surface area contributed by atoms with Gasteiger partial charge in [-0.15, -0.1) is 0 Å². The smallest absolute Gasteiger partial charge is 0.282 e. The molecule has 0 aliphatic carbocycles. The molecule has 0 atom stereocenters. The number of hydrogen-bond acceptors (Lipinski definition) is 5. The molecule has 34 heavy (non-hydrogen) atoms. The van der Waals surface area contributed by atoms with E-state index in [4.69, 9.17) is 0 Å². The van der Waals surface area contributed by atoms with Crippen molar-refractivity contribution in [1.29, 1.82) is 0 Å². The Balaban J connectivity index is 2.01. The van der Waals surface area contributed by atoms with E-state index in [2.05, 4.69) is 15.7 Å². The van der Waals surface area contributed by atoms with E-state index in [9.17, 15) is 17.2 Å². The third-order valence-electron chi connectivity index (χ3n) is 5.54. The lowest BCUT2D eigenvalue weighted by Gasteiger charge is -2.12. The lowest BCUT2D eigenvalue weighted by Crippen LogP contribution is -2.01. The van der Waals surface area contributed by atoms with Crippen LogP contribution in [0.1, 0.15) is 12.1 Å². The van der Waals surface area contributed by atoms with Crippen LogP contribution < -0.4 is 10.6 Å². The molecule has 0 aliphatic heterocycles. The summed E-state index contributed by atoms with van der Waals surface area (Å²) in [6.07, 6.45) is -1.69. The maximum Gasteiger partial charge on any atom is 0.282 e. The zero-order chi connectivity index (χ0) is 24.5. The highest BCUT2D eigenvalue weighted by Gasteiger charge is 2.27. The van der Waals surface area contributed by atoms with E-state index in [1.54, 1.807) is 62.6 Å². The lowest BCUT2D eigenvalue weighted by atomic mass is 9.98. The van der Waals surface area contributed by atoms with E-state index in [0.29, 0.717) is 28.1 Å². The molecule has 9 heteroatoms. The number of sulfone groups is 1. The van der Waals surface area contributed by atoms with Gasteiger partial charge in [0.05, 0.1) is 16.3 Å². The van der Waals surface area contributed by atoms with E-state index >= 15 is 0 Å². The predicted octanol–water partition coefficient (Wildman–Crippen LogP) is 5.63. The molecule has 0 radical (unpaired) electrons. The highest BCUT2D eigenvalue weighted by atomic mass is 32.2.